The van der Waals surface area contributed by atoms with Crippen LogP contribution in [0.1, 0.15) is 55.8 Å². The zero-order valence-electron chi connectivity index (χ0n) is 16.0. The number of hydrogen-bond donors (Lipinski definition) is 0. The molecule has 8 heteroatoms. The van der Waals surface area contributed by atoms with Gasteiger partial charge in [-0.2, -0.15) is 14.6 Å². The maximum Gasteiger partial charge on any atom is 0.280 e. The minimum absolute atomic E-state index is 0.0454. The van der Waals surface area contributed by atoms with Crippen LogP contribution in [-0.2, 0) is 4.79 Å². The molecule has 0 aromatic carbocycles. The minimum atomic E-state index is -2.65. The van der Waals surface area contributed by atoms with Crippen LogP contribution in [0, 0.1) is 23.2 Å². The van der Waals surface area contributed by atoms with E-state index in [1.165, 1.54) is 25.2 Å². The largest absolute Gasteiger partial charge is 0.342 e. The number of allylic oxidation sites excluding steroid dienone is 2. The molecule has 152 valence electrons. The quantitative estimate of drug-likeness (QED) is 0.743. The van der Waals surface area contributed by atoms with E-state index in [-0.39, 0.29) is 29.2 Å². The molecule has 4 aliphatic rings. The Hall–Kier alpha value is -2.38. The maximum atomic E-state index is 13.5. The first-order valence-electron chi connectivity index (χ1n) is 10.5. The maximum absolute atomic E-state index is 13.5. The van der Waals surface area contributed by atoms with Gasteiger partial charge in [-0.15, -0.1) is 0 Å². The van der Waals surface area contributed by atoms with Gasteiger partial charge in [0.2, 0.25) is 5.91 Å². The lowest BCUT2D eigenvalue weighted by molar-refractivity contribution is -0.137. The van der Waals surface area contributed by atoms with Crippen LogP contribution >= 0.6 is 0 Å². The first-order chi connectivity index (χ1) is 14.1. The van der Waals surface area contributed by atoms with Crippen LogP contribution in [0.2, 0.25) is 0 Å². The van der Waals surface area contributed by atoms with Crippen LogP contribution < -0.4 is 0 Å². The lowest BCUT2D eigenvalue weighted by Gasteiger charge is -2.35. The molecule has 1 aliphatic heterocycles. The summed E-state index contributed by atoms with van der Waals surface area (Å²) in [4.78, 5) is 23.8. The van der Waals surface area contributed by atoms with Crippen molar-refractivity contribution in [3.8, 4) is 0 Å². The smallest absolute Gasteiger partial charge is 0.280 e. The second-order valence-electron chi connectivity index (χ2n) is 9.09. The molecule has 1 saturated heterocycles. The fourth-order valence-electron chi connectivity index (χ4n) is 6.13. The number of alkyl halides is 2. The summed E-state index contributed by atoms with van der Waals surface area (Å²) < 4.78 is 28.1. The number of piperidine rings is 1. The van der Waals surface area contributed by atoms with Crippen molar-refractivity contribution in [3.05, 3.63) is 35.9 Å². The first kappa shape index (κ1) is 17.5. The third-order valence-electron chi connectivity index (χ3n) is 7.71. The van der Waals surface area contributed by atoms with E-state index in [2.05, 4.69) is 27.2 Å². The van der Waals surface area contributed by atoms with Crippen molar-refractivity contribution in [1.82, 2.24) is 24.5 Å². The van der Waals surface area contributed by atoms with E-state index < -0.39 is 6.43 Å². The van der Waals surface area contributed by atoms with Crippen molar-refractivity contribution >= 4 is 11.7 Å². The molecule has 3 heterocycles. The molecule has 2 aromatic heterocycles. The molecule has 3 fully saturated rings. The van der Waals surface area contributed by atoms with Crippen molar-refractivity contribution in [2.45, 2.75) is 44.4 Å². The van der Waals surface area contributed by atoms with Gasteiger partial charge < -0.3 is 4.90 Å². The number of halogens is 2. The summed E-state index contributed by atoms with van der Waals surface area (Å²) in [7, 11) is 0. The van der Waals surface area contributed by atoms with E-state index in [1.54, 1.807) is 0 Å². The molecule has 1 spiro atoms. The molecule has 0 N–H and O–H groups in total. The zero-order chi connectivity index (χ0) is 19.8. The normalized spacial score (nSPS) is 32.0. The number of carbonyl (C=O) groups excluding carboxylic acids is 1. The van der Waals surface area contributed by atoms with E-state index in [9.17, 15) is 13.6 Å². The molecule has 0 radical (unpaired) electrons. The predicted octanol–water partition coefficient (Wildman–Crippen LogP) is 3.37. The fraction of sp³-hybridized carbons (Fsp3) is 0.619. The molecule has 2 saturated carbocycles. The lowest BCUT2D eigenvalue weighted by atomic mass is 9.86. The Morgan fingerprint density at radius 2 is 2.14 bits per heavy atom. The standard InChI is InChI=1S/C21H23F2N5O/c22-18(23)17-9-16(26-20-24-11-25-28(17)20)12-2-1-7-27(10-12)19(29)14-8-13-3-4-15(14)21(13)5-6-21/h3-4,9,11-15,18H,1-2,5-8,10H2. The Morgan fingerprint density at radius 1 is 1.28 bits per heavy atom. The molecule has 1 amide bonds. The van der Waals surface area contributed by atoms with Crippen LogP contribution in [0.25, 0.3) is 5.78 Å². The molecule has 6 nitrogen and oxygen atoms in total. The number of rotatable bonds is 3. The van der Waals surface area contributed by atoms with Gasteiger partial charge in [0.1, 0.15) is 12.0 Å². The van der Waals surface area contributed by atoms with Crippen LogP contribution in [0.15, 0.2) is 24.5 Å². The molecule has 2 aromatic rings. The van der Waals surface area contributed by atoms with Gasteiger partial charge in [-0.3, -0.25) is 4.79 Å². The molecule has 3 aliphatic carbocycles. The highest BCUT2D eigenvalue weighted by Crippen LogP contribution is 2.70. The predicted molar refractivity (Wildman–Crippen MR) is 100 cm³/mol. The highest BCUT2D eigenvalue weighted by Gasteiger charge is 2.64. The van der Waals surface area contributed by atoms with E-state index in [4.69, 9.17) is 0 Å². The number of carbonyl (C=O) groups is 1. The summed E-state index contributed by atoms with van der Waals surface area (Å²) in [6, 6.07) is 1.43. The highest BCUT2D eigenvalue weighted by molar-refractivity contribution is 5.81. The summed E-state index contributed by atoms with van der Waals surface area (Å²) in [6.45, 7) is 1.29. The van der Waals surface area contributed by atoms with Crippen LogP contribution in [0.5, 0.6) is 0 Å². The third-order valence-corrected chi connectivity index (χ3v) is 7.71. The monoisotopic (exact) mass is 399 g/mol. The minimum Gasteiger partial charge on any atom is -0.342 e. The topological polar surface area (TPSA) is 63.4 Å². The Kier molecular flexibility index (Phi) is 3.65. The van der Waals surface area contributed by atoms with Crippen molar-refractivity contribution in [2.75, 3.05) is 13.1 Å². The number of fused-ring (bicyclic) bond motifs is 1. The Bertz CT molecular complexity index is 1010. The summed E-state index contributed by atoms with van der Waals surface area (Å²) >= 11 is 0. The van der Waals surface area contributed by atoms with Crippen molar-refractivity contribution in [1.29, 1.82) is 0 Å². The highest BCUT2D eigenvalue weighted by atomic mass is 19.3. The Morgan fingerprint density at radius 3 is 2.90 bits per heavy atom. The van der Waals surface area contributed by atoms with E-state index in [0.717, 1.165) is 30.3 Å². The van der Waals surface area contributed by atoms with Crippen molar-refractivity contribution < 1.29 is 13.6 Å². The summed E-state index contributed by atoms with van der Waals surface area (Å²) in [5.41, 5.74) is 0.784. The van der Waals surface area contributed by atoms with Gasteiger partial charge in [-0.05, 0) is 55.4 Å². The lowest BCUT2D eigenvalue weighted by Crippen LogP contribution is -2.43. The first-order valence-corrected chi connectivity index (χ1v) is 10.5. The van der Waals surface area contributed by atoms with E-state index in [0.29, 0.717) is 29.5 Å². The average molecular weight is 399 g/mol. The van der Waals surface area contributed by atoms with Gasteiger partial charge in [0.05, 0.1) is 5.69 Å². The molecule has 29 heavy (non-hydrogen) atoms. The van der Waals surface area contributed by atoms with Crippen LogP contribution in [0.3, 0.4) is 0 Å². The fourth-order valence-corrected chi connectivity index (χ4v) is 6.13. The second kappa shape index (κ2) is 6.06. The number of nitrogens with zero attached hydrogens (tertiary/aromatic N) is 5. The summed E-state index contributed by atoms with van der Waals surface area (Å²) in [6.07, 6.45) is 8.36. The number of amides is 1. The van der Waals surface area contributed by atoms with Gasteiger partial charge in [0.15, 0.2) is 0 Å². The average Bonchev–Trinajstić information content (AvgIpc) is 3.14. The molecular formula is C21H23F2N5O. The number of hydrogen-bond acceptors (Lipinski definition) is 4. The third kappa shape index (κ3) is 2.50. The molecule has 4 unspecified atom stereocenters. The molecule has 4 atom stereocenters. The molecule has 2 bridgehead atoms. The van der Waals surface area contributed by atoms with Gasteiger partial charge in [-0.25, -0.2) is 13.8 Å². The van der Waals surface area contributed by atoms with Crippen molar-refractivity contribution in [2.24, 2.45) is 23.2 Å². The molecule has 6 rings (SSSR count). The Labute approximate surface area is 167 Å². The SMILES string of the molecule is O=C(C1CC2C=CC1C21CC1)N1CCCC(c2cc(C(F)F)n3ncnc3n2)C1. The summed E-state index contributed by atoms with van der Waals surface area (Å²) in [5, 5.41) is 3.86. The molecular weight excluding hydrogens is 376 g/mol. The van der Waals surface area contributed by atoms with E-state index >= 15 is 0 Å². The van der Waals surface area contributed by atoms with Crippen LogP contribution in [0.4, 0.5) is 8.78 Å². The van der Waals surface area contributed by atoms with Gasteiger partial charge in [-0.1, -0.05) is 12.2 Å². The van der Waals surface area contributed by atoms with E-state index in [1.807, 2.05) is 4.90 Å². The number of aromatic nitrogens is 4. The van der Waals surface area contributed by atoms with Gasteiger partial charge in [0, 0.05) is 24.9 Å². The zero-order valence-corrected chi connectivity index (χ0v) is 16.0. The number of likely N-dealkylation sites (tertiary alicyclic amines) is 1. The van der Waals surface area contributed by atoms with Gasteiger partial charge >= 0.3 is 0 Å². The summed E-state index contributed by atoms with van der Waals surface area (Å²) in [5.74, 6) is 1.46. The van der Waals surface area contributed by atoms with Gasteiger partial charge in [0.25, 0.3) is 12.2 Å². The van der Waals surface area contributed by atoms with Crippen molar-refractivity contribution in [3.63, 3.8) is 0 Å². The van der Waals surface area contributed by atoms with Crippen LogP contribution in [-0.4, -0.2) is 43.5 Å². The Balaban J connectivity index is 1.25. The second-order valence-corrected chi connectivity index (χ2v) is 9.09.